The number of carbonyl (C=O) groups is 1. The lowest BCUT2D eigenvalue weighted by Gasteiger charge is -2.34. The first-order valence-electron chi connectivity index (χ1n) is 8.03. The van der Waals surface area contributed by atoms with Gasteiger partial charge in [-0.05, 0) is 44.0 Å². The highest BCUT2D eigenvalue weighted by Crippen LogP contribution is 2.31. The van der Waals surface area contributed by atoms with Crippen molar-refractivity contribution in [3.63, 3.8) is 0 Å². The van der Waals surface area contributed by atoms with Gasteiger partial charge in [-0.2, -0.15) is 4.31 Å². The molecule has 1 aliphatic heterocycles. The maximum atomic E-state index is 12.5. The second-order valence-electron chi connectivity index (χ2n) is 5.89. The second kappa shape index (κ2) is 6.49. The SMILES string of the molecule is CCOc1ccc(C(=O)N2CCN(S(=O)(=O)C3CC3)CC2)cc1. The lowest BCUT2D eigenvalue weighted by Crippen LogP contribution is -2.51. The Morgan fingerprint density at radius 3 is 2.26 bits per heavy atom. The summed E-state index contributed by atoms with van der Waals surface area (Å²) in [5.41, 5.74) is 0.604. The van der Waals surface area contributed by atoms with Crippen molar-refractivity contribution in [3.05, 3.63) is 29.8 Å². The molecule has 0 bridgehead atoms. The van der Waals surface area contributed by atoms with Gasteiger partial charge in [-0.1, -0.05) is 0 Å². The van der Waals surface area contributed by atoms with Crippen LogP contribution < -0.4 is 4.74 Å². The van der Waals surface area contributed by atoms with E-state index in [1.54, 1.807) is 29.2 Å². The Hall–Kier alpha value is -1.60. The minimum Gasteiger partial charge on any atom is -0.494 e. The quantitative estimate of drug-likeness (QED) is 0.812. The third-order valence-corrected chi connectivity index (χ3v) is 6.64. The Morgan fingerprint density at radius 1 is 1.13 bits per heavy atom. The molecular formula is C16H22N2O4S. The Bertz CT molecular complexity index is 660. The molecule has 1 amide bonds. The van der Waals surface area contributed by atoms with Crippen molar-refractivity contribution < 1.29 is 17.9 Å². The molecule has 2 fully saturated rings. The molecule has 0 unspecified atom stereocenters. The largest absolute Gasteiger partial charge is 0.494 e. The molecule has 1 aromatic rings. The van der Waals surface area contributed by atoms with Gasteiger partial charge >= 0.3 is 0 Å². The average molecular weight is 338 g/mol. The van der Waals surface area contributed by atoms with Gasteiger partial charge in [-0.15, -0.1) is 0 Å². The van der Waals surface area contributed by atoms with Crippen LogP contribution in [-0.4, -0.2) is 61.6 Å². The molecule has 0 aromatic heterocycles. The molecule has 1 saturated carbocycles. The van der Waals surface area contributed by atoms with Crippen LogP contribution in [0.3, 0.4) is 0 Å². The third-order valence-electron chi connectivity index (χ3n) is 4.24. The summed E-state index contributed by atoms with van der Waals surface area (Å²) in [4.78, 5) is 14.2. The Kier molecular flexibility index (Phi) is 4.59. The van der Waals surface area contributed by atoms with E-state index in [-0.39, 0.29) is 11.2 Å². The average Bonchev–Trinajstić information content (AvgIpc) is 3.41. The summed E-state index contributed by atoms with van der Waals surface area (Å²) in [6.07, 6.45) is 1.54. The van der Waals surface area contributed by atoms with Crippen molar-refractivity contribution >= 4 is 15.9 Å². The molecular weight excluding hydrogens is 316 g/mol. The molecule has 6 nitrogen and oxygen atoms in total. The van der Waals surface area contributed by atoms with Gasteiger partial charge in [-0.25, -0.2) is 8.42 Å². The maximum Gasteiger partial charge on any atom is 0.253 e. The molecule has 23 heavy (non-hydrogen) atoms. The third kappa shape index (κ3) is 3.50. The summed E-state index contributed by atoms with van der Waals surface area (Å²) >= 11 is 0. The monoisotopic (exact) mass is 338 g/mol. The van der Waals surface area contributed by atoms with Crippen LogP contribution in [0.15, 0.2) is 24.3 Å². The predicted molar refractivity (Wildman–Crippen MR) is 87.0 cm³/mol. The summed E-state index contributed by atoms with van der Waals surface area (Å²) in [7, 11) is -3.14. The minimum atomic E-state index is -3.14. The fraction of sp³-hybridized carbons (Fsp3) is 0.562. The maximum absolute atomic E-state index is 12.5. The standard InChI is InChI=1S/C16H22N2O4S/c1-2-22-14-5-3-13(4-6-14)16(19)17-9-11-18(12-10-17)23(20,21)15-7-8-15/h3-6,15H,2,7-12H2,1H3. The first-order chi connectivity index (χ1) is 11.0. The number of sulfonamides is 1. The molecule has 0 radical (unpaired) electrons. The van der Waals surface area contributed by atoms with Crippen LogP contribution in [-0.2, 0) is 10.0 Å². The van der Waals surface area contributed by atoms with E-state index in [1.807, 2.05) is 6.92 Å². The lowest BCUT2D eigenvalue weighted by atomic mass is 10.2. The van der Waals surface area contributed by atoms with E-state index in [1.165, 1.54) is 4.31 Å². The minimum absolute atomic E-state index is 0.0588. The number of hydrogen-bond acceptors (Lipinski definition) is 4. The highest BCUT2D eigenvalue weighted by atomic mass is 32.2. The van der Waals surface area contributed by atoms with Crippen molar-refractivity contribution in [3.8, 4) is 5.75 Å². The molecule has 1 aromatic carbocycles. The van der Waals surface area contributed by atoms with Crippen LogP contribution in [0.5, 0.6) is 5.75 Å². The van der Waals surface area contributed by atoms with Gasteiger partial charge in [0.05, 0.1) is 11.9 Å². The van der Waals surface area contributed by atoms with Gasteiger partial charge in [0, 0.05) is 31.7 Å². The van der Waals surface area contributed by atoms with Gasteiger partial charge in [0.1, 0.15) is 5.75 Å². The van der Waals surface area contributed by atoms with Crippen LogP contribution in [0.1, 0.15) is 30.1 Å². The fourth-order valence-corrected chi connectivity index (χ4v) is 4.59. The number of rotatable bonds is 5. The number of nitrogens with zero attached hydrogens (tertiary/aromatic N) is 2. The van der Waals surface area contributed by atoms with Crippen molar-refractivity contribution in [2.45, 2.75) is 25.0 Å². The molecule has 0 N–H and O–H groups in total. The predicted octanol–water partition coefficient (Wildman–Crippen LogP) is 1.34. The van der Waals surface area contributed by atoms with Crippen LogP contribution in [0.25, 0.3) is 0 Å². The molecule has 1 saturated heterocycles. The highest BCUT2D eigenvalue weighted by molar-refractivity contribution is 7.90. The zero-order valence-corrected chi connectivity index (χ0v) is 14.1. The summed E-state index contributed by atoms with van der Waals surface area (Å²) in [5.74, 6) is 0.681. The second-order valence-corrected chi connectivity index (χ2v) is 8.11. The molecule has 3 rings (SSSR count). The number of amides is 1. The fourth-order valence-electron chi connectivity index (χ4n) is 2.77. The van der Waals surface area contributed by atoms with Crippen LogP contribution in [0.2, 0.25) is 0 Å². The number of ether oxygens (including phenoxy) is 1. The van der Waals surface area contributed by atoms with E-state index in [9.17, 15) is 13.2 Å². The van der Waals surface area contributed by atoms with Crippen LogP contribution >= 0.6 is 0 Å². The van der Waals surface area contributed by atoms with Gasteiger partial charge in [-0.3, -0.25) is 4.79 Å². The zero-order chi connectivity index (χ0) is 16.4. The van der Waals surface area contributed by atoms with Crippen molar-refractivity contribution in [1.82, 2.24) is 9.21 Å². The normalized spacial score (nSPS) is 19.6. The van der Waals surface area contributed by atoms with E-state index in [2.05, 4.69) is 0 Å². The molecule has 1 aliphatic carbocycles. The van der Waals surface area contributed by atoms with Crippen molar-refractivity contribution in [2.24, 2.45) is 0 Å². The molecule has 7 heteroatoms. The lowest BCUT2D eigenvalue weighted by molar-refractivity contribution is 0.0698. The summed E-state index contributed by atoms with van der Waals surface area (Å²) < 4.78 is 31.3. The first-order valence-corrected chi connectivity index (χ1v) is 9.54. The smallest absolute Gasteiger partial charge is 0.253 e. The highest BCUT2D eigenvalue weighted by Gasteiger charge is 2.41. The number of benzene rings is 1. The number of hydrogen-bond donors (Lipinski definition) is 0. The van der Waals surface area contributed by atoms with Gasteiger partial charge in [0.25, 0.3) is 5.91 Å². The first kappa shape index (κ1) is 16.3. The van der Waals surface area contributed by atoms with E-state index in [4.69, 9.17) is 4.74 Å². The Morgan fingerprint density at radius 2 is 1.74 bits per heavy atom. The van der Waals surface area contributed by atoms with E-state index in [0.717, 1.165) is 18.6 Å². The number of piperazine rings is 1. The van der Waals surface area contributed by atoms with Gasteiger partial charge in [0.15, 0.2) is 0 Å². The zero-order valence-electron chi connectivity index (χ0n) is 13.3. The molecule has 0 spiro atoms. The van der Waals surface area contributed by atoms with E-state index < -0.39 is 10.0 Å². The Labute approximate surface area is 137 Å². The molecule has 2 aliphatic rings. The number of carbonyl (C=O) groups excluding carboxylic acids is 1. The topological polar surface area (TPSA) is 66.9 Å². The summed E-state index contributed by atoms with van der Waals surface area (Å²) in [6.45, 7) is 4.16. The molecule has 126 valence electrons. The van der Waals surface area contributed by atoms with E-state index in [0.29, 0.717) is 38.3 Å². The summed E-state index contributed by atoms with van der Waals surface area (Å²) in [6, 6.07) is 7.07. The van der Waals surface area contributed by atoms with Crippen LogP contribution in [0.4, 0.5) is 0 Å². The molecule has 0 atom stereocenters. The van der Waals surface area contributed by atoms with Gasteiger partial charge in [0.2, 0.25) is 10.0 Å². The Balaban J connectivity index is 1.59. The van der Waals surface area contributed by atoms with E-state index >= 15 is 0 Å². The molecule has 1 heterocycles. The van der Waals surface area contributed by atoms with Gasteiger partial charge < -0.3 is 9.64 Å². The summed E-state index contributed by atoms with van der Waals surface area (Å²) in [5, 5.41) is -0.184. The van der Waals surface area contributed by atoms with Crippen molar-refractivity contribution in [2.75, 3.05) is 32.8 Å². The van der Waals surface area contributed by atoms with Crippen LogP contribution in [0, 0.1) is 0 Å². The van der Waals surface area contributed by atoms with Crippen molar-refractivity contribution in [1.29, 1.82) is 0 Å².